The first-order valence-corrected chi connectivity index (χ1v) is 5.32. The maximum absolute atomic E-state index is 11.4. The number of hydrogen-bond acceptors (Lipinski definition) is 3. The Labute approximate surface area is 95.1 Å². The van der Waals surface area contributed by atoms with Gasteiger partial charge < -0.3 is 20.7 Å². The SMILES string of the molecule is CC(C)(C)OC(=O)N[C@@H]1CCN(C(N)=O)C1. The number of rotatable bonds is 1. The highest BCUT2D eigenvalue weighted by Crippen LogP contribution is 2.11. The van der Waals surface area contributed by atoms with E-state index in [9.17, 15) is 9.59 Å². The molecule has 6 nitrogen and oxygen atoms in total. The molecule has 0 unspecified atom stereocenters. The molecule has 1 aliphatic heterocycles. The van der Waals surface area contributed by atoms with Gasteiger partial charge in [0.25, 0.3) is 0 Å². The molecule has 1 saturated heterocycles. The smallest absolute Gasteiger partial charge is 0.407 e. The summed E-state index contributed by atoms with van der Waals surface area (Å²) in [6.07, 6.45) is 0.256. The number of carbonyl (C=O) groups excluding carboxylic acids is 2. The minimum absolute atomic E-state index is 0.0673. The maximum atomic E-state index is 11.4. The van der Waals surface area contributed by atoms with E-state index in [0.717, 1.165) is 0 Å². The highest BCUT2D eigenvalue weighted by Gasteiger charge is 2.27. The lowest BCUT2D eigenvalue weighted by atomic mass is 10.2. The fourth-order valence-corrected chi connectivity index (χ4v) is 1.55. The lowest BCUT2D eigenvalue weighted by Crippen LogP contribution is -2.42. The van der Waals surface area contributed by atoms with Crippen LogP contribution < -0.4 is 11.1 Å². The Bertz CT molecular complexity index is 286. The summed E-state index contributed by atoms with van der Waals surface area (Å²) in [4.78, 5) is 23.8. The molecular weight excluding hydrogens is 210 g/mol. The number of carbonyl (C=O) groups is 2. The number of urea groups is 1. The van der Waals surface area contributed by atoms with Crippen LogP contribution in [0.3, 0.4) is 0 Å². The topological polar surface area (TPSA) is 84.7 Å². The molecule has 3 amide bonds. The van der Waals surface area contributed by atoms with Gasteiger partial charge in [0.2, 0.25) is 0 Å². The predicted molar refractivity (Wildman–Crippen MR) is 58.9 cm³/mol. The van der Waals surface area contributed by atoms with E-state index in [1.807, 2.05) is 0 Å². The van der Waals surface area contributed by atoms with Gasteiger partial charge in [-0.15, -0.1) is 0 Å². The van der Waals surface area contributed by atoms with E-state index in [1.54, 1.807) is 20.8 Å². The summed E-state index contributed by atoms with van der Waals surface area (Å²) in [5.41, 5.74) is 4.63. The number of nitrogens with zero attached hydrogens (tertiary/aromatic N) is 1. The van der Waals surface area contributed by atoms with Crippen LogP contribution >= 0.6 is 0 Å². The monoisotopic (exact) mass is 229 g/mol. The molecule has 6 heteroatoms. The van der Waals surface area contributed by atoms with Gasteiger partial charge in [-0.2, -0.15) is 0 Å². The normalized spacial score (nSPS) is 20.7. The van der Waals surface area contributed by atoms with Crippen LogP contribution in [0.1, 0.15) is 27.2 Å². The number of nitrogens with one attached hydrogen (secondary N) is 1. The Morgan fingerprint density at radius 3 is 2.50 bits per heavy atom. The second kappa shape index (κ2) is 4.59. The number of hydrogen-bond donors (Lipinski definition) is 2. The Hall–Kier alpha value is -1.46. The van der Waals surface area contributed by atoms with Crippen molar-refractivity contribution in [1.29, 1.82) is 0 Å². The van der Waals surface area contributed by atoms with E-state index in [2.05, 4.69) is 5.32 Å². The first-order chi connectivity index (χ1) is 7.28. The van der Waals surface area contributed by atoms with Gasteiger partial charge in [0.1, 0.15) is 5.60 Å². The summed E-state index contributed by atoms with van der Waals surface area (Å²) in [5.74, 6) is 0. The Kier molecular flexibility index (Phi) is 3.62. The zero-order chi connectivity index (χ0) is 12.3. The van der Waals surface area contributed by atoms with E-state index >= 15 is 0 Å². The Morgan fingerprint density at radius 2 is 2.06 bits per heavy atom. The number of amides is 3. The quantitative estimate of drug-likeness (QED) is 0.692. The second-order valence-corrected chi connectivity index (χ2v) is 4.92. The molecule has 1 heterocycles. The zero-order valence-electron chi connectivity index (χ0n) is 9.95. The van der Waals surface area contributed by atoms with Gasteiger partial charge in [-0.25, -0.2) is 9.59 Å². The van der Waals surface area contributed by atoms with Gasteiger partial charge in [0, 0.05) is 13.1 Å². The molecule has 1 fully saturated rings. The summed E-state index contributed by atoms with van der Waals surface area (Å²) in [6.45, 7) is 6.44. The lowest BCUT2D eigenvalue weighted by Gasteiger charge is -2.21. The molecule has 0 radical (unpaired) electrons. The largest absolute Gasteiger partial charge is 0.444 e. The number of alkyl carbamates (subject to hydrolysis) is 1. The van der Waals surface area contributed by atoms with Gasteiger partial charge in [0.05, 0.1) is 6.04 Å². The molecule has 1 rings (SSSR count). The van der Waals surface area contributed by atoms with E-state index < -0.39 is 17.7 Å². The van der Waals surface area contributed by atoms with Crippen molar-refractivity contribution in [3.8, 4) is 0 Å². The van der Waals surface area contributed by atoms with Crippen molar-refractivity contribution in [3.63, 3.8) is 0 Å². The Morgan fingerprint density at radius 1 is 1.44 bits per heavy atom. The third-order valence-corrected chi connectivity index (χ3v) is 2.22. The summed E-state index contributed by atoms with van der Waals surface area (Å²) < 4.78 is 5.11. The van der Waals surface area contributed by atoms with E-state index in [4.69, 9.17) is 10.5 Å². The van der Waals surface area contributed by atoms with Crippen molar-refractivity contribution in [3.05, 3.63) is 0 Å². The van der Waals surface area contributed by atoms with Crippen LogP contribution in [0.4, 0.5) is 9.59 Å². The first kappa shape index (κ1) is 12.6. The fourth-order valence-electron chi connectivity index (χ4n) is 1.55. The van der Waals surface area contributed by atoms with Crippen molar-refractivity contribution >= 4 is 12.1 Å². The Balaban J connectivity index is 2.34. The van der Waals surface area contributed by atoms with Crippen molar-refractivity contribution in [2.45, 2.75) is 38.8 Å². The van der Waals surface area contributed by atoms with E-state index in [1.165, 1.54) is 4.90 Å². The van der Waals surface area contributed by atoms with Crippen LogP contribution in [0.5, 0.6) is 0 Å². The number of likely N-dealkylation sites (tertiary alicyclic amines) is 1. The maximum Gasteiger partial charge on any atom is 0.407 e. The van der Waals surface area contributed by atoms with Crippen LogP contribution in [-0.2, 0) is 4.74 Å². The summed E-state index contributed by atoms with van der Waals surface area (Å²) in [7, 11) is 0. The molecule has 0 aromatic heterocycles. The van der Waals surface area contributed by atoms with Crippen LogP contribution in [0.2, 0.25) is 0 Å². The van der Waals surface area contributed by atoms with Gasteiger partial charge in [-0.3, -0.25) is 0 Å². The predicted octanol–water partition coefficient (Wildman–Crippen LogP) is 0.664. The van der Waals surface area contributed by atoms with Crippen molar-refractivity contribution in [2.75, 3.05) is 13.1 Å². The molecule has 3 N–H and O–H groups in total. The summed E-state index contributed by atoms with van der Waals surface area (Å²) in [6, 6.07) is -0.518. The highest BCUT2D eigenvalue weighted by atomic mass is 16.6. The minimum atomic E-state index is -0.508. The molecule has 0 aromatic rings. The lowest BCUT2D eigenvalue weighted by molar-refractivity contribution is 0.0506. The van der Waals surface area contributed by atoms with Crippen LogP contribution in [-0.4, -0.2) is 41.8 Å². The van der Waals surface area contributed by atoms with Crippen LogP contribution in [0.25, 0.3) is 0 Å². The standard InChI is InChI=1S/C10H19N3O3/c1-10(2,3)16-9(15)12-7-4-5-13(6-7)8(11)14/h7H,4-6H2,1-3H3,(H2,11,14)(H,12,15)/t7-/m1/s1. The number of nitrogens with two attached hydrogens (primary N) is 1. The van der Waals surface area contributed by atoms with Crippen LogP contribution in [0, 0.1) is 0 Å². The molecule has 0 spiro atoms. The molecule has 92 valence electrons. The van der Waals surface area contributed by atoms with Gasteiger partial charge in [-0.1, -0.05) is 0 Å². The molecule has 16 heavy (non-hydrogen) atoms. The van der Waals surface area contributed by atoms with Crippen LogP contribution in [0.15, 0.2) is 0 Å². The average molecular weight is 229 g/mol. The molecule has 0 aliphatic carbocycles. The summed E-state index contributed by atoms with van der Waals surface area (Å²) >= 11 is 0. The molecule has 1 aliphatic rings. The average Bonchev–Trinajstić information content (AvgIpc) is 2.48. The molecule has 0 bridgehead atoms. The summed E-state index contributed by atoms with van der Waals surface area (Å²) in [5, 5.41) is 2.71. The van der Waals surface area contributed by atoms with Gasteiger partial charge >= 0.3 is 12.1 Å². The highest BCUT2D eigenvalue weighted by molar-refractivity contribution is 5.73. The minimum Gasteiger partial charge on any atom is -0.444 e. The fraction of sp³-hybridized carbons (Fsp3) is 0.800. The molecule has 0 aromatic carbocycles. The van der Waals surface area contributed by atoms with Crippen molar-refractivity contribution in [2.24, 2.45) is 5.73 Å². The van der Waals surface area contributed by atoms with Gasteiger partial charge in [0.15, 0.2) is 0 Å². The van der Waals surface area contributed by atoms with E-state index in [-0.39, 0.29) is 6.04 Å². The van der Waals surface area contributed by atoms with Crippen molar-refractivity contribution < 1.29 is 14.3 Å². The number of ether oxygens (including phenoxy) is 1. The van der Waals surface area contributed by atoms with Crippen molar-refractivity contribution in [1.82, 2.24) is 10.2 Å². The third-order valence-electron chi connectivity index (χ3n) is 2.22. The second-order valence-electron chi connectivity index (χ2n) is 4.92. The molecule has 1 atom stereocenters. The third kappa shape index (κ3) is 3.96. The number of primary amides is 1. The molecule has 0 saturated carbocycles. The molecular formula is C10H19N3O3. The first-order valence-electron chi connectivity index (χ1n) is 5.32. The van der Waals surface area contributed by atoms with E-state index in [0.29, 0.717) is 19.5 Å². The van der Waals surface area contributed by atoms with Gasteiger partial charge in [-0.05, 0) is 27.2 Å². The zero-order valence-corrected chi connectivity index (χ0v) is 9.95.